The molecule has 7 heteroatoms. The van der Waals surface area contributed by atoms with Gasteiger partial charge in [-0.25, -0.2) is 0 Å². The van der Waals surface area contributed by atoms with Gasteiger partial charge in [0.1, 0.15) is 6.04 Å². The predicted molar refractivity (Wildman–Crippen MR) is 68.9 cm³/mol. The van der Waals surface area contributed by atoms with Crippen molar-refractivity contribution in [3.8, 4) is 0 Å². The fourth-order valence-corrected chi connectivity index (χ4v) is 2.11. The molecule has 0 saturated heterocycles. The first-order valence-corrected chi connectivity index (χ1v) is 6.80. The molecule has 0 aliphatic carbocycles. The van der Waals surface area contributed by atoms with Crippen LogP contribution in [-0.2, 0) is 21.4 Å². The van der Waals surface area contributed by atoms with Crippen molar-refractivity contribution in [1.82, 2.24) is 9.03 Å². The van der Waals surface area contributed by atoms with E-state index in [9.17, 15) is 13.2 Å². The van der Waals surface area contributed by atoms with Crippen molar-refractivity contribution in [2.75, 3.05) is 14.1 Å². The number of nitrogens with zero attached hydrogens (tertiary/aromatic N) is 1. The topological polar surface area (TPSA) is 92.5 Å². The van der Waals surface area contributed by atoms with Crippen LogP contribution in [0.2, 0.25) is 0 Å². The number of rotatable bonds is 6. The molecule has 18 heavy (non-hydrogen) atoms. The van der Waals surface area contributed by atoms with Crippen LogP contribution < -0.4 is 10.5 Å². The number of benzene rings is 1. The second-order valence-corrected chi connectivity index (χ2v) is 5.97. The van der Waals surface area contributed by atoms with E-state index in [0.29, 0.717) is 0 Å². The minimum absolute atomic E-state index is 0.225. The highest BCUT2D eigenvalue weighted by Gasteiger charge is 2.24. The summed E-state index contributed by atoms with van der Waals surface area (Å²) in [4.78, 5) is 11.3. The maximum absolute atomic E-state index is 11.6. The third-order valence-corrected chi connectivity index (χ3v) is 3.94. The molecular formula is C11H17N3O3S. The van der Waals surface area contributed by atoms with Gasteiger partial charge in [0, 0.05) is 14.1 Å². The third kappa shape index (κ3) is 4.10. The van der Waals surface area contributed by atoms with E-state index in [-0.39, 0.29) is 6.42 Å². The van der Waals surface area contributed by atoms with E-state index in [2.05, 4.69) is 4.72 Å². The molecule has 3 N–H and O–H groups in total. The average Bonchev–Trinajstić information content (AvgIpc) is 2.29. The molecule has 1 amide bonds. The highest BCUT2D eigenvalue weighted by Crippen LogP contribution is 2.04. The van der Waals surface area contributed by atoms with E-state index in [0.717, 1.165) is 9.87 Å². The number of carbonyl (C=O) groups excluding carboxylic acids is 1. The van der Waals surface area contributed by atoms with Crippen LogP contribution in [-0.4, -0.2) is 38.8 Å². The monoisotopic (exact) mass is 271 g/mol. The van der Waals surface area contributed by atoms with Gasteiger partial charge >= 0.3 is 0 Å². The maximum atomic E-state index is 11.6. The Balaban J connectivity index is 2.83. The first-order valence-electron chi connectivity index (χ1n) is 5.36. The lowest BCUT2D eigenvalue weighted by Gasteiger charge is -2.18. The molecule has 0 aromatic heterocycles. The molecule has 6 nitrogen and oxygen atoms in total. The van der Waals surface area contributed by atoms with Crippen molar-refractivity contribution in [2.24, 2.45) is 5.73 Å². The number of amides is 1. The Morgan fingerprint density at radius 1 is 1.33 bits per heavy atom. The number of hydrogen-bond acceptors (Lipinski definition) is 3. The number of primary amides is 1. The van der Waals surface area contributed by atoms with E-state index < -0.39 is 22.2 Å². The van der Waals surface area contributed by atoms with Crippen LogP contribution in [0, 0.1) is 0 Å². The Morgan fingerprint density at radius 3 is 2.33 bits per heavy atom. The van der Waals surface area contributed by atoms with Crippen molar-refractivity contribution < 1.29 is 13.2 Å². The summed E-state index contributed by atoms with van der Waals surface area (Å²) in [6.07, 6.45) is 0.225. The van der Waals surface area contributed by atoms with Gasteiger partial charge in [-0.3, -0.25) is 4.79 Å². The molecule has 0 aliphatic heterocycles. The summed E-state index contributed by atoms with van der Waals surface area (Å²) in [6, 6.07) is 8.12. The summed E-state index contributed by atoms with van der Waals surface area (Å²) < 4.78 is 26.5. The fraction of sp³-hybridized carbons (Fsp3) is 0.364. The van der Waals surface area contributed by atoms with E-state index in [1.54, 1.807) is 12.1 Å². The Morgan fingerprint density at radius 2 is 1.89 bits per heavy atom. The van der Waals surface area contributed by atoms with Crippen molar-refractivity contribution in [3.63, 3.8) is 0 Å². The predicted octanol–water partition coefficient (Wildman–Crippen LogP) is -0.521. The molecule has 0 bridgehead atoms. The van der Waals surface area contributed by atoms with Gasteiger partial charge in [0.25, 0.3) is 10.2 Å². The van der Waals surface area contributed by atoms with Crippen LogP contribution in [0.25, 0.3) is 0 Å². The molecular weight excluding hydrogens is 254 g/mol. The van der Waals surface area contributed by atoms with E-state index in [1.165, 1.54) is 14.1 Å². The second kappa shape index (κ2) is 5.94. The smallest absolute Gasteiger partial charge is 0.279 e. The summed E-state index contributed by atoms with van der Waals surface area (Å²) in [5.41, 5.74) is 6.04. The SMILES string of the molecule is CN(C)S(=O)(=O)N[C@H](Cc1ccccc1)C(N)=O. The van der Waals surface area contributed by atoms with Gasteiger partial charge in [0.15, 0.2) is 0 Å². The molecule has 1 atom stereocenters. The molecule has 0 unspecified atom stereocenters. The van der Waals surface area contributed by atoms with Crippen LogP contribution in [0.15, 0.2) is 30.3 Å². The zero-order valence-electron chi connectivity index (χ0n) is 10.3. The lowest BCUT2D eigenvalue weighted by Crippen LogP contribution is -2.49. The number of nitrogens with two attached hydrogens (primary N) is 1. The average molecular weight is 271 g/mol. The van der Waals surface area contributed by atoms with Crippen LogP contribution in [0.3, 0.4) is 0 Å². The number of nitrogens with one attached hydrogen (secondary N) is 1. The first-order chi connectivity index (χ1) is 8.33. The first kappa shape index (κ1) is 14.6. The van der Waals surface area contributed by atoms with Crippen LogP contribution >= 0.6 is 0 Å². The van der Waals surface area contributed by atoms with Crippen LogP contribution in [0.5, 0.6) is 0 Å². The van der Waals surface area contributed by atoms with Crippen LogP contribution in [0.1, 0.15) is 5.56 Å². The standard InChI is InChI=1S/C11H17N3O3S/c1-14(2)18(16,17)13-10(11(12)15)8-9-6-4-3-5-7-9/h3-7,10,13H,8H2,1-2H3,(H2,12,15)/t10-/m1/s1. The summed E-state index contributed by atoms with van der Waals surface area (Å²) >= 11 is 0. The Hall–Kier alpha value is -1.44. The van der Waals surface area contributed by atoms with Gasteiger partial charge in [-0.2, -0.15) is 17.4 Å². The van der Waals surface area contributed by atoms with Crippen molar-refractivity contribution >= 4 is 16.1 Å². The van der Waals surface area contributed by atoms with Crippen LogP contribution in [0.4, 0.5) is 0 Å². The zero-order chi connectivity index (χ0) is 13.8. The quantitative estimate of drug-likeness (QED) is 0.729. The third-order valence-electron chi connectivity index (χ3n) is 2.40. The largest absolute Gasteiger partial charge is 0.368 e. The maximum Gasteiger partial charge on any atom is 0.279 e. The van der Waals surface area contributed by atoms with Gasteiger partial charge < -0.3 is 5.73 Å². The summed E-state index contributed by atoms with van der Waals surface area (Å²) in [5.74, 6) is -0.704. The number of hydrogen-bond donors (Lipinski definition) is 2. The van der Waals surface area contributed by atoms with Crippen molar-refractivity contribution in [1.29, 1.82) is 0 Å². The van der Waals surface area contributed by atoms with Gasteiger partial charge in [-0.05, 0) is 12.0 Å². The molecule has 0 spiro atoms. The highest BCUT2D eigenvalue weighted by atomic mass is 32.2. The Kier molecular flexibility index (Phi) is 4.83. The minimum atomic E-state index is -3.68. The zero-order valence-corrected chi connectivity index (χ0v) is 11.1. The molecule has 1 aromatic rings. The Bertz CT molecular complexity index is 500. The molecule has 0 radical (unpaired) electrons. The summed E-state index contributed by atoms with van der Waals surface area (Å²) in [5, 5.41) is 0. The van der Waals surface area contributed by atoms with E-state index in [4.69, 9.17) is 5.73 Å². The molecule has 0 fully saturated rings. The lowest BCUT2D eigenvalue weighted by molar-refractivity contribution is -0.119. The molecule has 0 saturated carbocycles. The summed E-state index contributed by atoms with van der Waals surface area (Å²) in [6.45, 7) is 0. The lowest BCUT2D eigenvalue weighted by atomic mass is 10.1. The highest BCUT2D eigenvalue weighted by molar-refractivity contribution is 7.87. The fourth-order valence-electron chi connectivity index (χ4n) is 1.34. The molecule has 0 aliphatic rings. The molecule has 100 valence electrons. The summed E-state index contributed by atoms with van der Waals surface area (Å²) in [7, 11) is -0.924. The van der Waals surface area contributed by atoms with Gasteiger partial charge in [0.2, 0.25) is 5.91 Å². The second-order valence-electron chi connectivity index (χ2n) is 4.05. The number of carbonyl (C=O) groups is 1. The van der Waals surface area contributed by atoms with Crippen molar-refractivity contribution in [2.45, 2.75) is 12.5 Å². The van der Waals surface area contributed by atoms with E-state index in [1.807, 2.05) is 18.2 Å². The Labute approximate surface area is 107 Å². The van der Waals surface area contributed by atoms with Crippen molar-refractivity contribution in [3.05, 3.63) is 35.9 Å². The molecule has 1 aromatic carbocycles. The molecule has 1 rings (SSSR count). The normalized spacial score (nSPS) is 13.5. The minimum Gasteiger partial charge on any atom is -0.368 e. The molecule has 0 heterocycles. The van der Waals surface area contributed by atoms with E-state index >= 15 is 0 Å². The van der Waals surface area contributed by atoms with Gasteiger partial charge in [0.05, 0.1) is 0 Å². The van der Waals surface area contributed by atoms with Gasteiger partial charge in [-0.15, -0.1) is 0 Å². The van der Waals surface area contributed by atoms with Gasteiger partial charge in [-0.1, -0.05) is 30.3 Å².